The van der Waals surface area contributed by atoms with Crippen LogP contribution in [0.3, 0.4) is 0 Å². The summed E-state index contributed by atoms with van der Waals surface area (Å²) in [4.78, 5) is 22.6. The quantitative estimate of drug-likeness (QED) is 0.863. The Kier molecular flexibility index (Phi) is 3.82. The predicted molar refractivity (Wildman–Crippen MR) is 94.3 cm³/mol. The highest BCUT2D eigenvalue weighted by atomic mass is 15.3. The first-order chi connectivity index (χ1) is 11.6. The Bertz CT molecular complexity index is 717. The van der Waals surface area contributed by atoms with Crippen molar-refractivity contribution >= 4 is 11.6 Å². The predicted octanol–water partition coefficient (Wildman–Crippen LogP) is 2.27. The highest BCUT2D eigenvalue weighted by Gasteiger charge is 2.41. The standard InChI is InChI=1S/C18H24N6/c1-12(2)16-4-17(21-11-20-16)23-7-14-9-24(10-15(14)8-23)18-6-19-5-13(3)22-18/h4-6,11-12,14-15H,7-10H2,1-3H3. The summed E-state index contributed by atoms with van der Waals surface area (Å²) in [7, 11) is 0. The molecule has 4 rings (SSSR count). The molecule has 2 atom stereocenters. The van der Waals surface area contributed by atoms with Crippen molar-refractivity contribution in [3.05, 3.63) is 36.2 Å². The number of hydrogen-bond donors (Lipinski definition) is 0. The van der Waals surface area contributed by atoms with Gasteiger partial charge in [-0.2, -0.15) is 0 Å². The van der Waals surface area contributed by atoms with Crippen molar-refractivity contribution < 1.29 is 0 Å². The Morgan fingerprint density at radius 1 is 0.958 bits per heavy atom. The molecule has 2 fully saturated rings. The van der Waals surface area contributed by atoms with Crippen molar-refractivity contribution in [2.45, 2.75) is 26.7 Å². The van der Waals surface area contributed by atoms with E-state index in [-0.39, 0.29) is 0 Å². The monoisotopic (exact) mass is 324 g/mol. The van der Waals surface area contributed by atoms with Gasteiger partial charge >= 0.3 is 0 Å². The highest BCUT2D eigenvalue weighted by molar-refractivity contribution is 5.44. The van der Waals surface area contributed by atoms with Crippen molar-refractivity contribution in [1.82, 2.24) is 19.9 Å². The van der Waals surface area contributed by atoms with E-state index < -0.39 is 0 Å². The van der Waals surface area contributed by atoms with Gasteiger partial charge in [-0.3, -0.25) is 4.98 Å². The van der Waals surface area contributed by atoms with E-state index in [0.717, 1.165) is 49.2 Å². The molecule has 2 saturated heterocycles. The van der Waals surface area contributed by atoms with Gasteiger partial charge in [0.25, 0.3) is 0 Å². The minimum atomic E-state index is 0.434. The number of nitrogens with zero attached hydrogens (tertiary/aromatic N) is 6. The normalized spacial score (nSPS) is 23.2. The minimum absolute atomic E-state index is 0.434. The lowest BCUT2D eigenvalue weighted by atomic mass is 10.0. The molecule has 126 valence electrons. The summed E-state index contributed by atoms with van der Waals surface area (Å²) in [6.07, 6.45) is 5.39. The second kappa shape index (κ2) is 6.00. The Balaban J connectivity index is 1.45. The molecule has 4 heterocycles. The Morgan fingerprint density at radius 3 is 2.25 bits per heavy atom. The van der Waals surface area contributed by atoms with Crippen molar-refractivity contribution in [1.29, 1.82) is 0 Å². The average Bonchev–Trinajstić information content (AvgIpc) is 3.14. The number of rotatable bonds is 3. The molecule has 0 aliphatic carbocycles. The van der Waals surface area contributed by atoms with E-state index in [4.69, 9.17) is 0 Å². The van der Waals surface area contributed by atoms with E-state index in [9.17, 15) is 0 Å². The van der Waals surface area contributed by atoms with E-state index in [2.05, 4.69) is 49.6 Å². The number of aromatic nitrogens is 4. The smallest absolute Gasteiger partial charge is 0.147 e. The van der Waals surface area contributed by atoms with Crippen LogP contribution in [-0.4, -0.2) is 46.1 Å². The van der Waals surface area contributed by atoms with Crippen LogP contribution < -0.4 is 9.80 Å². The van der Waals surface area contributed by atoms with Gasteiger partial charge in [0.1, 0.15) is 18.0 Å². The fourth-order valence-corrected chi connectivity index (χ4v) is 3.82. The number of fused-ring (bicyclic) bond motifs is 1. The maximum Gasteiger partial charge on any atom is 0.147 e. The van der Waals surface area contributed by atoms with Gasteiger partial charge in [-0.25, -0.2) is 15.0 Å². The maximum absolute atomic E-state index is 4.62. The molecular formula is C18H24N6. The van der Waals surface area contributed by atoms with Gasteiger partial charge in [0.15, 0.2) is 0 Å². The van der Waals surface area contributed by atoms with Crippen LogP contribution in [0.25, 0.3) is 0 Å². The van der Waals surface area contributed by atoms with Gasteiger partial charge in [0.05, 0.1) is 11.9 Å². The maximum atomic E-state index is 4.62. The van der Waals surface area contributed by atoms with Crippen LogP contribution in [0.15, 0.2) is 24.8 Å². The summed E-state index contributed by atoms with van der Waals surface area (Å²) in [6, 6.07) is 2.15. The van der Waals surface area contributed by atoms with E-state index in [1.807, 2.05) is 19.3 Å². The summed E-state index contributed by atoms with van der Waals surface area (Å²) in [5, 5.41) is 0. The Morgan fingerprint density at radius 2 is 1.62 bits per heavy atom. The van der Waals surface area contributed by atoms with Crippen LogP contribution in [0, 0.1) is 18.8 Å². The van der Waals surface area contributed by atoms with Gasteiger partial charge in [0, 0.05) is 56.0 Å². The molecule has 2 aromatic heterocycles. The zero-order valence-corrected chi connectivity index (χ0v) is 14.6. The van der Waals surface area contributed by atoms with Crippen molar-refractivity contribution in [3.63, 3.8) is 0 Å². The molecule has 6 nitrogen and oxygen atoms in total. The lowest BCUT2D eigenvalue weighted by molar-refractivity contribution is 0.533. The number of hydrogen-bond acceptors (Lipinski definition) is 6. The molecule has 6 heteroatoms. The molecule has 0 spiro atoms. The molecule has 2 aromatic rings. The fourth-order valence-electron chi connectivity index (χ4n) is 3.82. The zero-order valence-electron chi connectivity index (χ0n) is 14.6. The average molecular weight is 324 g/mol. The summed E-state index contributed by atoms with van der Waals surface area (Å²) in [6.45, 7) is 10.6. The van der Waals surface area contributed by atoms with Crippen molar-refractivity contribution in [2.24, 2.45) is 11.8 Å². The SMILES string of the molecule is Cc1cncc(N2CC3CN(c4cc(C(C)C)ncn4)CC3C2)n1. The fraction of sp³-hybridized carbons (Fsp3) is 0.556. The third-order valence-electron chi connectivity index (χ3n) is 5.14. The molecule has 0 aromatic carbocycles. The molecule has 2 aliphatic rings. The first kappa shape index (κ1) is 15.3. The lowest BCUT2D eigenvalue weighted by Crippen LogP contribution is -2.29. The van der Waals surface area contributed by atoms with Gasteiger partial charge in [-0.15, -0.1) is 0 Å². The van der Waals surface area contributed by atoms with Crippen LogP contribution >= 0.6 is 0 Å². The van der Waals surface area contributed by atoms with Crippen LogP contribution in [0.5, 0.6) is 0 Å². The summed E-state index contributed by atoms with van der Waals surface area (Å²) < 4.78 is 0. The summed E-state index contributed by atoms with van der Waals surface area (Å²) in [5.74, 6) is 3.86. The van der Waals surface area contributed by atoms with Gasteiger partial charge in [-0.1, -0.05) is 13.8 Å². The Labute approximate surface area is 143 Å². The second-order valence-electron chi connectivity index (χ2n) is 7.30. The topological polar surface area (TPSA) is 58.0 Å². The zero-order chi connectivity index (χ0) is 16.7. The van der Waals surface area contributed by atoms with Crippen LogP contribution in [-0.2, 0) is 0 Å². The van der Waals surface area contributed by atoms with E-state index in [1.54, 1.807) is 6.33 Å². The van der Waals surface area contributed by atoms with Crippen molar-refractivity contribution in [3.8, 4) is 0 Å². The molecule has 0 N–H and O–H groups in total. The third-order valence-corrected chi connectivity index (χ3v) is 5.14. The third kappa shape index (κ3) is 2.81. The first-order valence-corrected chi connectivity index (χ1v) is 8.70. The van der Waals surface area contributed by atoms with Gasteiger partial charge in [-0.05, 0) is 12.8 Å². The molecular weight excluding hydrogens is 300 g/mol. The second-order valence-corrected chi connectivity index (χ2v) is 7.30. The van der Waals surface area contributed by atoms with Gasteiger partial charge in [0.2, 0.25) is 0 Å². The lowest BCUT2D eigenvalue weighted by Gasteiger charge is -2.23. The molecule has 24 heavy (non-hydrogen) atoms. The van der Waals surface area contributed by atoms with Crippen LogP contribution in [0.1, 0.15) is 31.2 Å². The van der Waals surface area contributed by atoms with E-state index >= 15 is 0 Å². The van der Waals surface area contributed by atoms with Crippen molar-refractivity contribution in [2.75, 3.05) is 36.0 Å². The molecule has 0 radical (unpaired) electrons. The van der Waals surface area contributed by atoms with Gasteiger partial charge < -0.3 is 9.80 Å². The molecule has 2 unspecified atom stereocenters. The van der Waals surface area contributed by atoms with Crippen LogP contribution in [0.2, 0.25) is 0 Å². The highest BCUT2D eigenvalue weighted by Crippen LogP contribution is 2.35. The molecule has 0 saturated carbocycles. The van der Waals surface area contributed by atoms with Crippen LogP contribution in [0.4, 0.5) is 11.6 Å². The Hall–Kier alpha value is -2.24. The molecule has 0 amide bonds. The largest absolute Gasteiger partial charge is 0.356 e. The van der Waals surface area contributed by atoms with E-state index in [1.165, 1.54) is 0 Å². The minimum Gasteiger partial charge on any atom is -0.356 e. The number of aryl methyl sites for hydroxylation is 1. The molecule has 0 bridgehead atoms. The summed E-state index contributed by atoms with van der Waals surface area (Å²) >= 11 is 0. The first-order valence-electron chi connectivity index (χ1n) is 8.70. The molecule has 2 aliphatic heterocycles. The van der Waals surface area contributed by atoms with E-state index in [0.29, 0.717) is 17.8 Å². The summed E-state index contributed by atoms with van der Waals surface area (Å²) in [5.41, 5.74) is 2.10. The number of anilines is 2.